The highest BCUT2D eigenvalue weighted by atomic mass is 35.5. The van der Waals surface area contributed by atoms with Crippen molar-refractivity contribution in [3.63, 3.8) is 0 Å². The van der Waals surface area contributed by atoms with Crippen molar-refractivity contribution >= 4 is 33.7 Å². The minimum Gasteiger partial charge on any atom is -0.492 e. The van der Waals surface area contributed by atoms with Gasteiger partial charge in [-0.1, -0.05) is 55.5 Å². The van der Waals surface area contributed by atoms with Gasteiger partial charge in [-0.2, -0.15) is 0 Å². The Kier molecular flexibility index (Phi) is 6.99. The number of likely N-dealkylation sites (N-methyl/N-ethyl adjacent to an activating group) is 1. The Balaban J connectivity index is 1.77. The average Bonchev–Trinajstić information content (AvgIpc) is 3.17. The highest BCUT2D eigenvalue weighted by molar-refractivity contribution is 6.29. The van der Waals surface area contributed by atoms with Crippen molar-refractivity contribution in [2.24, 2.45) is 0 Å². The molecule has 0 bridgehead atoms. The monoisotopic (exact) mass is 445 g/mol. The lowest BCUT2D eigenvalue weighted by atomic mass is 9.88. The van der Waals surface area contributed by atoms with Gasteiger partial charge in [0.05, 0.1) is 0 Å². The number of ether oxygens (including phenoxy) is 1. The summed E-state index contributed by atoms with van der Waals surface area (Å²) in [6.07, 6.45) is 0.891. The molecule has 0 spiro atoms. The van der Waals surface area contributed by atoms with Crippen LogP contribution in [0.25, 0.3) is 22.1 Å². The molecule has 4 heteroatoms. The molecule has 0 aliphatic rings. The number of fused-ring (bicyclic) bond motifs is 1. The minimum absolute atomic E-state index is 0.410. The molecule has 3 aromatic carbocycles. The van der Waals surface area contributed by atoms with Gasteiger partial charge < -0.3 is 14.1 Å². The first kappa shape index (κ1) is 22.2. The van der Waals surface area contributed by atoms with E-state index in [2.05, 4.69) is 72.5 Å². The van der Waals surface area contributed by atoms with Crippen molar-refractivity contribution < 1.29 is 9.15 Å². The Hall–Kier alpha value is -3.01. The van der Waals surface area contributed by atoms with Crippen LogP contribution in [-0.4, -0.2) is 32.1 Å². The van der Waals surface area contributed by atoms with E-state index in [0.29, 0.717) is 11.8 Å². The summed E-state index contributed by atoms with van der Waals surface area (Å²) in [7, 11) is 4.09. The van der Waals surface area contributed by atoms with Crippen LogP contribution < -0.4 is 4.74 Å². The van der Waals surface area contributed by atoms with Crippen LogP contribution in [0.4, 0.5) is 0 Å². The molecule has 3 nitrogen and oxygen atoms in total. The van der Waals surface area contributed by atoms with Gasteiger partial charge in [0.15, 0.2) is 5.22 Å². The van der Waals surface area contributed by atoms with Crippen LogP contribution in [0.15, 0.2) is 83.3 Å². The van der Waals surface area contributed by atoms with E-state index in [1.54, 1.807) is 0 Å². The molecule has 4 aromatic rings. The van der Waals surface area contributed by atoms with Crippen molar-refractivity contribution in [3.05, 3.63) is 101 Å². The molecule has 0 radical (unpaired) electrons. The third-order valence-electron chi connectivity index (χ3n) is 5.50. The largest absolute Gasteiger partial charge is 0.492 e. The number of nitrogens with zero attached hydrogens (tertiary/aromatic N) is 1. The second kappa shape index (κ2) is 10.1. The molecule has 0 saturated heterocycles. The fourth-order valence-electron chi connectivity index (χ4n) is 3.91. The maximum absolute atomic E-state index is 6.08. The maximum Gasteiger partial charge on any atom is 0.194 e. The third kappa shape index (κ3) is 5.07. The predicted octanol–water partition coefficient (Wildman–Crippen LogP) is 7.40. The van der Waals surface area contributed by atoms with Crippen molar-refractivity contribution in [1.29, 1.82) is 0 Å². The number of rotatable bonds is 8. The highest BCUT2D eigenvalue weighted by Crippen LogP contribution is 2.36. The van der Waals surface area contributed by atoms with E-state index in [1.807, 2.05) is 32.3 Å². The lowest BCUT2D eigenvalue weighted by Gasteiger charge is -2.17. The smallest absolute Gasteiger partial charge is 0.194 e. The molecular weight excluding hydrogens is 418 g/mol. The van der Waals surface area contributed by atoms with Gasteiger partial charge in [0, 0.05) is 18.0 Å². The molecule has 0 aliphatic heterocycles. The first-order valence-corrected chi connectivity index (χ1v) is 11.3. The van der Waals surface area contributed by atoms with Gasteiger partial charge in [0.25, 0.3) is 0 Å². The molecule has 0 amide bonds. The number of benzene rings is 3. The summed E-state index contributed by atoms with van der Waals surface area (Å²) in [5.74, 6) is 0.885. The Labute approximate surface area is 194 Å². The van der Waals surface area contributed by atoms with Gasteiger partial charge in [0.2, 0.25) is 0 Å². The van der Waals surface area contributed by atoms with Crippen molar-refractivity contribution in [3.8, 4) is 5.75 Å². The fourth-order valence-corrected chi connectivity index (χ4v) is 4.11. The van der Waals surface area contributed by atoms with E-state index < -0.39 is 0 Å². The van der Waals surface area contributed by atoms with Gasteiger partial charge in [-0.3, -0.25) is 0 Å². The molecule has 32 heavy (non-hydrogen) atoms. The number of allylic oxidation sites excluding steroid dienone is 1. The van der Waals surface area contributed by atoms with E-state index in [9.17, 15) is 0 Å². The zero-order valence-corrected chi connectivity index (χ0v) is 19.5. The Morgan fingerprint density at radius 2 is 1.56 bits per heavy atom. The molecule has 4 rings (SSSR count). The lowest BCUT2D eigenvalue weighted by molar-refractivity contribution is 0.261. The van der Waals surface area contributed by atoms with Crippen LogP contribution in [0.1, 0.15) is 30.0 Å². The summed E-state index contributed by atoms with van der Waals surface area (Å²) in [6.45, 7) is 3.75. The van der Waals surface area contributed by atoms with E-state index in [-0.39, 0.29) is 0 Å². The van der Waals surface area contributed by atoms with Crippen molar-refractivity contribution in [2.45, 2.75) is 13.3 Å². The van der Waals surface area contributed by atoms with Gasteiger partial charge in [-0.25, -0.2) is 0 Å². The Morgan fingerprint density at radius 1 is 0.875 bits per heavy atom. The van der Waals surface area contributed by atoms with Crippen LogP contribution in [0.5, 0.6) is 5.75 Å². The first-order valence-electron chi connectivity index (χ1n) is 10.9. The summed E-state index contributed by atoms with van der Waals surface area (Å²) < 4.78 is 11.5. The molecule has 1 heterocycles. The predicted molar refractivity (Wildman–Crippen MR) is 134 cm³/mol. The second-order valence-electron chi connectivity index (χ2n) is 8.05. The summed E-state index contributed by atoms with van der Waals surface area (Å²) in [5, 5.41) is 1.42. The molecule has 0 saturated carbocycles. The topological polar surface area (TPSA) is 25.6 Å². The van der Waals surface area contributed by atoms with E-state index in [4.69, 9.17) is 20.8 Å². The Bertz CT molecular complexity index is 1210. The average molecular weight is 446 g/mol. The zero-order chi connectivity index (χ0) is 22.5. The molecule has 164 valence electrons. The highest BCUT2D eigenvalue weighted by Gasteiger charge is 2.14. The van der Waals surface area contributed by atoms with Crippen molar-refractivity contribution in [2.75, 3.05) is 27.2 Å². The van der Waals surface area contributed by atoms with E-state index in [0.717, 1.165) is 29.7 Å². The minimum atomic E-state index is 0.410. The van der Waals surface area contributed by atoms with Gasteiger partial charge in [-0.05, 0) is 84.2 Å². The number of hydrogen-bond donors (Lipinski definition) is 0. The molecule has 1 aromatic heterocycles. The number of furan rings is 1. The van der Waals surface area contributed by atoms with Crippen LogP contribution in [0, 0.1) is 0 Å². The van der Waals surface area contributed by atoms with Crippen LogP contribution in [-0.2, 0) is 0 Å². The standard InChI is InChI=1S/C28H28ClNO2/c1-4-25(22-12-15-26-23(18-22)19-27(29)32-26)28(20-8-6-5-7-9-20)21-10-13-24(14-11-21)31-17-16-30(2)3/h5-15,18-19H,4,16-17H2,1-3H3. The fraction of sp³-hybridized carbons (Fsp3) is 0.214. The first-order chi connectivity index (χ1) is 15.5. The quantitative estimate of drug-likeness (QED) is 0.264. The van der Waals surface area contributed by atoms with E-state index in [1.165, 1.54) is 27.8 Å². The van der Waals surface area contributed by atoms with E-state index >= 15 is 0 Å². The molecule has 0 unspecified atom stereocenters. The molecule has 0 aliphatic carbocycles. The second-order valence-corrected chi connectivity index (χ2v) is 8.42. The van der Waals surface area contributed by atoms with Gasteiger partial charge in [0.1, 0.15) is 17.9 Å². The SMILES string of the molecule is CCC(=C(c1ccccc1)c1ccc(OCCN(C)C)cc1)c1ccc2oc(Cl)cc2c1. The van der Waals surface area contributed by atoms with Crippen LogP contribution >= 0.6 is 11.6 Å². The summed E-state index contributed by atoms with van der Waals surface area (Å²) >= 11 is 6.08. The lowest BCUT2D eigenvalue weighted by Crippen LogP contribution is -2.19. The Morgan fingerprint density at radius 3 is 2.25 bits per heavy atom. The molecule has 0 fully saturated rings. The molecule has 0 N–H and O–H groups in total. The maximum atomic E-state index is 6.08. The summed E-state index contributed by atoms with van der Waals surface area (Å²) in [5.41, 5.74) is 6.82. The molecule has 0 atom stereocenters. The van der Waals surface area contributed by atoms with Crippen LogP contribution in [0.2, 0.25) is 5.22 Å². The summed E-state index contributed by atoms with van der Waals surface area (Å²) in [4.78, 5) is 2.11. The van der Waals surface area contributed by atoms with Gasteiger partial charge in [-0.15, -0.1) is 0 Å². The molecular formula is C28H28ClNO2. The number of hydrogen-bond acceptors (Lipinski definition) is 3. The van der Waals surface area contributed by atoms with Crippen LogP contribution in [0.3, 0.4) is 0 Å². The van der Waals surface area contributed by atoms with Gasteiger partial charge >= 0.3 is 0 Å². The summed E-state index contributed by atoms with van der Waals surface area (Å²) in [6, 6.07) is 27.1. The van der Waals surface area contributed by atoms with Crippen molar-refractivity contribution in [1.82, 2.24) is 4.90 Å². The third-order valence-corrected chi connectivity index (χ3v) is 5.69. The number of halogens is 1. The zero-order valence-electron chi connectivity index (χ0n) is 18.8. The normalized spacial score (nSPS) is 12.3.